The van der Waals surface area contributed by atoms with Crippen molar-refractivity contribution in [2.75, 3.05) is 13.1 Å². The fourth-order valence-electron chi connectivity index (χ4n) is 1.82. The summed E-state index contributed by atoms with van der Waals surface area (Å²) < 4.78 is 26.5. The summed E-state index contributed by atoms with van der Waals surface area (Å²) in [6, 6.07) is 3.10. The molecule has 4 nitrogen and oxygen atoms in total. The molecule has 2 rings (SSSR count). The molecule has 0 radical (unpaired) electrons. The number of aldehydes is 1. The third kappa shape index (κ3) is 2.70. The van der Waals surface area contributed by atoms with E-state index in [1.165, 1.54) is 10.4 Å². The number of thiophene rings is 1. The highest BCUT2D eigenvalue weighted by atomic mass is 35.5. The fourth-order valence-corrected chi connectivity index (χ4v) is 4.92. The van der Waals surface area contributed by atoms with Crippen molar-refractivity contribution in [1.82, 2.24) is 4.31 Å². The van der Waals surface area contributed by atoms with Gasteiger partial charge in [-0.15, -0.1) is 11.3 Å². The van der Waals surface area contributed by atoms with Crippen LogP contribution in [0.3, 0.4) is 0 Å². The van der Waals surface area contributed by atoms with Gasteiger partial charge in [0.05, 0.1) is 4.34 Å². The summed E-state index contributed by atoms with van der Waals surface area (Å²) in [6.45, 7) is 0.808. The van der Waals surface area contributed by atoms with Crippen LogP contribution in [-0.4, -0.2) is 32.1 Å². The van der Waals surface area contributed by atoms with Crippen LogP contribution in [0.4, 0.5) is 0 Å². The Hall–Kier alpha value is -0.430. The van der Waals surface area contributed by atoms with Crippen LogP contribution in [-0.2, 0) is 14.8 Å². The summed E-state index contributed by atoms with van der Waals surface area (Å²) in [6.07, 6.45) is 2.11. The number of sulfonamides is 1. The van der Waals surface area contributed by atoms with Gasteiger partial charge in [-0.1, -0.05) is 11.6 Å². The number of nitrogens with zero attached hydrogens (tertiary/aromatic N) is 1. The smallest absolute Gasteiger partial charge is 0.252 e. The number of carbonyl (C=O) groups excluding carboxylic acids is 1. The number of carbonyl (C=O) groups is 1. The second kappa shape index (κ2) is 5.06. The second-order valence-corrected chi connectivity index (χ2v) is 7.82. The first-order valence-corrected chi connectivity index (χ1v) is 7.88. The molecule has 0 atom stereocenters. The summed E-state index contributed by atoms with van der Waals surface area (Å²) in [5.41, 5.74) is 0. The average Bonchev–Trinajstić information content (AvgIpc) is 2.77. The SMILES string of the molecule is O=CC1CCN(S(=O)(=O)c2ccc(Cl)s2)CC1. The Morgan fingerprint density at radius 2 is 2.00 bits per heavy atom. The van der Waals surface area contributed by atoms with Gasteiger partial charge < -0.3 is 4.79 Å². The topological polar surface area (TPSA) is 54.5 Å². The van der Waals surface area contributed by atoms with E-state index in [1.807, 2.05) is 0 Å². The van der Waals surface area contributed by atoms with Crippen molar-refractivity contribution in [2.24, 2.45) is 5.92 Å². The Morgan fingerprint density at radius 1 is 1.35 bits per heavy atom. The van der Waals surface area contributed by atoms with Crippen LogP contribution in [0.25, 0.3) is 0 Å². The van der Waals surface area contributed by atoms with Gasteiger partial charge in [0, 0.05) is 19.0 Å². The quantitative estimate of drug-likeness (QED) is 0.801. The lowest BCUT2D eigenvalue weighted by molar-refractivity contribution is -0.112. The van der Waals surface area contributed by atoms with E-state index in [4.69, 9.17) is 11.6 Å². The minimum absolute atomic E-state index is 0.00614. The summed E-state index contributed by atoms with van der Waals surface area (Å²) in [5.74, 6) is -0.00614. The molecule has 0 N–H and O–H groups in total. The number of rotatable bonds is 3. The maximum atomic E-state index is 12.2. The molecule has 0 spiro atoms. The summed E-state index contributed by atoms with van der Waals surface area (Å²) in [5, 5.41) is 0. The Morgan fingerprint density at radius 3 is 2.47 bits per heavy atom. The van der Waals surface area contributed by atoms with E-state index in [9.17, 15) is 13.2 Å². The fraction of sp³-hybridized carbons (Fsp3) is 0.500. The van der Waals surface area contributed by atoms with Crippen LogP contribution < -0.4 is 0 Å². The van der Waals surface area contributed by atoms with Crippen molar-refractivity contribution in [2.45, 2.75) is 17.1 Å². The maximum Gasteiger partial charge on any atom is 0.252 e. The molecule has 2 heterocycles. The van der Waals surface area contributed by atoms with E-state index in [1.54, 1.807) is 6.07 Å². The molecular weight excluding hydrogens is 282 g/mol. The third-order valence-corrected chi connectivity index (χ3v) is 6.43. The van der Waals surface area contributed by atoms with Crippen molar-refractivity contribution in [1.29, 1.82) is 0 Å². The van der Waals surface area contributed by atoms with Gasteiger partial charge in [0.25, 0.3) is 10.0 Å². The molecular formula is C10H12ClNO3S2. The first-order chi connectivity index (χ1) is 8.04. The monoisotopic (exact) mass is 293 g/mol. The maximum absolute atomic E-state index is 12.2. The molecule has 0 aromatic carbocycles. The van der Waals surface area contributed by atoms with Crippen LogP contribution >= 0.6 is 22.9 Å². The molecule has 17 heavy (non-hydrogen) atoms. The molecule has 1 fully saturated rings. The zero-order valence-electron chi connectivity index (χ0n) is 9.00. The van der Waals surface area contributed by atoms with Gasteiger partial charge in [0.15, 0.2) is 0 Å². The van der Waals surface area contributed by atoms with Crippen molar-refractivity contribution < 1.29 is 13.2 Å². The van der Waals surface area contributed by atoms with Crippen molar-refractivity contribution in [3.05, 3.63) is 16.5 Å². The highest BCUT2D eigenvalue weighted by Crippen LogP contribution is 2.30. The molecule has 0 aliphatic carbocycles. The predicted molar refractivity (Wildman–Crippen MR) is 66.9 cm³/mol. The number of halogens is 1. The van der Waals surface area contributed by atoms with E-state index in [2.05, 4.69) is 0 Å². The van der Waals surface area contributed by atoms with Gasteiger partial charge in [0.2, 0.25) is 0 Å². The number of hydrogen-bond donors (Lipinski definition) is 0. The molecule has 94 valence electrons. The van der Waals surface area contributed by atoms with Gasteiger partial charge >= 0.3 is 0 Å². The first-order valence-electron chi connectivity index (χ1n) is 5.25. The van der Waals surface area contributed by atoms with E-state index >= 15 is 0 Å². The Bertz CT molecular complexity index is 503. The average molecular weight is 294 g/mol. The Kier molecular flexibility index (Phi) is 3.87. The molecule has 1 aromatic heterocycles. The van der Waals surface area contributed by atoms with Crippen LogP contribution in [0, 0.1) is 5.92 Å². The Labute approximate surface area is 109 Å². The van der Waals surface area contributed by atoms with Crippen molar-refractivity contribution in [3.8, 4) is 0 Å². The minimum atomic E-state index is -3.42. The zero-order valence-corrected chi connectivity index (χ0v) is 11.4. The van der Waals surface area contributed by atoms with Gasteiger partial charge in [-0.2, -0.15) is 4.31 Å². The van der Waals surface area contributed by atoms with Gasteiger partial charge in [-0.25, -0.2) is 8.42 Å². The van der Waals surface area contributed by atoms with Gasteiger partial charge in [0.1, 0.15) is 10.5 Å². The second-order valence-electron chi connectivity index (χ2n) is 3.94. The molecule has 1 aliphatic heterocycles. The van der Waals surface area contributed by atoms with Crippen LogP contribution in [0.15, 0.2) is 16.3 Å². The van der Waals surface area contributed by atoms with Crippen LogP contribution in [0.1, 0.15) is 12.8 Å². The minimum Gasteiger partial charge on any atom is -0.303 e. The van der Waals surface area contributed by atoms with Crippen molar-refractivity contribution >= 4 is 39.2 Å². The summed E-state index contributed by atoms with van der Waals surface area (Å²) in [7, 11) is -3.42. The van der Waals surface area contributed by atoms with Crippen LogP contribution in [0.2, 0.25) is 4.34 Å². The molecule has 1 saturated heterocycles. The van der Waals surface area contributed by atoms with Gasteiger partial charge in [-0.05, 0) is 25.0 Å². The van der Waals surface area contributed by atoms with E-state index in [0.29, 0.717) is 30.3 Å². The number of hydrogen-bond acceptors (Lipinski definition) is 4. The molecule has 7 heteroatoms. The molecule has 1 aromatic rings. The van der Waals surface area contributed by atoms with Crippen LogP contribution in [0.5, 0.6) is 0 Å². The molecule has 0 amide bonds. The number of piperidine rings is 1. The highest BCUT2D eigenvalue weighted by Gasteiger charge is 2.30. The molecule has 0 bridgehead atoms. The lowest BCUT2D eigenvalue weighted by atomic mass is 10.0. The third-order valence-electron chi connectivity index (χ3n) is 2.83. The largest absolute Gasteiger partial charge is 0.303 e. The predicted octanol–water partition coefficient (Wildman–Crippen LogP) is 2.00. The molecule has 0 unspecified atom stereocenters. The molecule has 1 aliphatic rings. The standard InChI is InChI=1S/C10H12ClNO3S2/c11-9-1-2-10(16-9)17(14,15)12-5-3-8(7-13)4-6-12/h1-2,7-8H,3-6H2. The first kappa shape index (κ1) is 13.0. The Balaban J connectivity index is 2.15. The normalized spacial score (nSPS) is 19.4. The molecule has 0 saturated carbocycles. The lowest BCUT2D eigenvalue weighted by Gasteiger charge is -2.28. The van der Waals surface area contributed by atoms with E-state index in [-0.39, 0.29) is 10.1 Å². The highest BCUT2D eigenvalue weighted by molar-refractivity contribution is 7.91. The summed E-state index contributed by atoms with van der Waals surface area (Å²) >= 11 is 6.80. The zero-order chi connectivity index (χ0) is 12.5. The summed E-state index contributed by atoms with van der Waals surface area (Å²) in [4.78, 5) is 10.6. The lowest BCUT2D eigenvalue weighted by Crippen LogP contribution is -2.38. The van der Waals surface area contributed by atoms with Crippen molar-refractivity contribution in [3.63, 3.8) is 0 Å². The van der Waals surface area contributed by atoms with E-state index < -0.39 is 10.0 Å². The van der Waals surface area contributed by atoms with Gasteiger partial charge in [-0.3, -0.25) is 0 Å². The van der Waals surface area contributed by atoms with E-state index in [0.717, 1.165) is 17.6 Å².